The molecule has 1 aromatic heterocycles. The highest BCUT2D eigenvalue weighted by molar-refractivity contribution is 7.13. The molecule has 6 heteroatoms. The molecule has 0 amide bonds. The summed E-state index contributed by atoms with van der Waals surface area (Å²) in [6.45, 7) is 4.80. The maximum absolute atomic E-state index is 11.0. The highest BCUT2D eigenvalue weighted by Crippen LogP contribution is 2.31. The van der Waals surface area contributed by atoms with Crippen molar-refractivity contribution in [3.8, 4) is 10.6 Å². The molecule has 0 atom stereocenters. The Balaban J connectivity index is 2.25. The Morgan fingerprint density at radius 3 is 2.84 bits per heavy atom. The first kappa shape index (κ1) is 13.6. The van der Waals surface area contributed by atoms with E-state index in [0.29, 0.717) is 23.2 Å². The van der Waals surface area contributed by atoms with E-state index >= 15 is 0 Å². The van der Waals surface area contributed by atoms with Crippen molar-refractivity contribution >= 4 is 17.0 Å². The van der Waals surface area contributed by atoms with E-state index in [1.54, 1.807) is 18.2 Å². The maximum atomic E-state index is 11.0. The first-order valence-electron chi connectivity index (χ1n) is 5.99. The number of aromatic nitrogens is 1. The van der Waals surface area contributed by atoms with Crippen LogP contribution in [0.2, 0.25) is 0 Å². The van der Waals surface area contributed by atoms with E-state index in [2.05, 4.69) is 24.1 Å². The largest absolute Gasteiger partial charge is 0.309 e. The zero-order valence-corrected chi connectivity index (χ0v) is 11.6. The van der Waals surface area contributed by atoms with Crippen LogP contribution in [0.1, 0.15) is 19.5 Å². The number of nitro benzene ring substituents is 1. The molecule has 0 bridgehead atoms. The van der Waals surface area contributed by atoms with Gasteiger partial charge in [0, 0.05) is 24.0 Å². The van der Waals surface area contributed by atoms with E-state index in [1.807, 2.05) is 5.38 Å². The molecule has 0 spiro atoms. The van der Waals surface area contributed by atoms with Crippen LogP contribution in [-0.2, 0) is 6.54 Å². The van der Waals surface area contributed by atoms with Crippen molar-refractivity contribution in [2.45, 2.75) is 26.4 Å². The van der Waals surface area contributed by atoms with Gasteiger partial charge in [-0.15, -0.1) is 11.3 Å². The molecule has 2 aromatic rings. The van der Waals surface area contributed by atoms with Gasteiger partial charge in [-0.3, -0.25) is 10.1 Å². The van der Waals surface area contributed by atoms with Gasteiger partial charge in [-0.05, 0) is 6.07 Å². The Hall–Kier alpha value is -1.79. The van der Waals surface area contributed by atoms with Crippen molar-refractivity contribution in [1.29, 1.82) is 0 Å². The first-order valence-corrected chi connectivity index (χ1v) is 6.87. The topological polar surface area (TPSA) is 68.1 Å². The number of nitro groups is 1. The third-order valence-corrected chi connectivity index (χ3v) is 3.50. The van der Waals surface area contributed by atoms with E-state index in [0.717, 1.165) is 5.69 Å². The van der Waals surface area contributed by atoms with E-state index in [9.17, 15) is 10.1 Å². The second-order valence-corrected chi connectivity index (χ2v) is 5.31. The fraction of sp³-hybridized carbons (Fsp3) is 0.308. The van der Waals surface area contributed by atoms with Gasteiger partial charge >= 0.3 is 0 Å². The third-order valence-electron chi connectivity index (χ3n) is 2.57. The second kappa shape index (κ2) is 5.90. The number of nitrogens with zero attached hydrogens (tertiary/aromatic N) is 2. The van der Waals surface area contributed by atoms with Gasteiger partial charge in [-0.1, -0.05) is 26.0 Å². The van der Waals surface area contributed by atoms with Crippen molar-refractivity contribution in [2.24, 2.45) is 0 Å². The number of hydrogen-bond donors (Lipinski definition) is 1. The van der Waals surface area contributed by atoms with Crippen LogP contribution in [0.5, 0.6) is 0 Å². The van der Waals surface area contributed by atoms with Gasteiger partial charge in [0.15, 0.2) is 0 Å². The molecule has 5 nitrogen and oxygen atoms in total. The average Bonchev–Trinajstić information content (AvgIpc) is 2.85. The molecule has 0 aliphatic rings. The molecule has 0 unspecified atom stereocenters. The lowest BCUT2D eigenvalue weighted by molar-refractivity contribution is -0.384. The summed E-state index contributed by atoms with van der Waals surface area (Å²) in [4.78, 5) is 15.1. The van der Waals surface area contributed by atoms with Crippen LogP contribution in [0, 0.1) is 10.1 Å². The zero-order valence-electron chi connectivity index (χ0n) is 10.8. The van der Waals surface area contributed by atoms with Crippen molar-refractivity contribution in [1.82, 2.24) is 10.3 Å². The molecule has 0 aliphatic carbocycles. The average molecular weight is 277 g/mol. The van der Waals surface area contributed by atoms with Gasteiger partial charge < -0.3 is 5.32 Å². The predicted octanol–water partition coefficient (Wildman–Crippen LogP) is 3.22. The highest BCUT2D eigenvalue weighted by Gasteiger charge is 2.16. The van der Waals surface area contributed by atoms with Crippen LogP contribution in [0.25, 0.3) is 10.6 Å². The van der Waals surface area contributed by atoms with Gasteiger partial charge in [-0.25, -0.2) is 4.98 Å². The number of para-hydroxylation sites is 1. The van der Waals surface area contributed by atoms with Gasteiger partial charge in [0.05, 0.1) is 16.2 Å². The minimum Gasteiger partial charge on any atom is -0.309 e. The van der Waals surface area contributed by atoms with Gasteiger partial charge in [0.2, 0.25) is 0 Å². The molecule has 0 fully saturated rings. The third kappa shape index (κ3) is 3.36. The maximum Gasteiger partial charge on any atom is 0.279 e. The molecule has 1 N–H and O–H groups in total. The zero-order chi connectivity index (χ0) is 13.8. The van der Waals surface area contributed by atoms with E-state index < -0.39 is 0 Å². The number of hydrogen-bond acceptors (Lipinski definition) is 5. The van der Waals surface area contributed by atoms with Crippen LogP contribution < -0.4 is 5.32 Å². The van der Waals surface area contributed by atoms with Crippen LogP contribution in [-0.4, -0.2) is 15.9 Å². The molecule has 0 saturated carbocycles. The summed E-state index contributed by atoms with van der Waals surface area (Å²) in [6.07, 6.45) is 0. The lowest BCUT2D eigenvalue weighted by Crippen LogP contribution is -2.21. The lowest BCUT2D eigenvalue weighted by atomic mass is 10.2. The summed E-state index contributed by atoms with van der Waals surface area (Å²) in [5.41, 5.74) is 1.58. The van der Waals surface area contributed by atoms with E-state index in [1.165, 1.54) is 17.4 Å². The summed E-state index contributed by atoms with van der Waals surface area (Å²) in [5, 5.41) is 16.9. The van der Waals surface area contributed by atoms with Gasteiger partial charge in [-0.2, -0.15) is 0 Å². The Labute approximate surface area is 115 Å². The van der Waals surface area contributed by atoms with Crippen molar-refractivity contribution in [3.63, 3.8) is 0 Å². The first-order chi connectivity index (χ1) is 9.08. The normalized spacial score (nSPS) is 10.9. The molecule has 0 saturated heterocycles. The molecular weight excluding hydrogens is 262 g/mol. The molecule has 2 rings (SSSR count). The van der Waals surface area contributed by atoms with Crippen molar-refractivity contribution < 1.29 is 4.92 Å². The van der Waals surface area contributed by atoms with Crippen LogP contribution >= 0.6 is 11.3 Å². The standard InChI is InChI=1S/C13H15N3O2S/c1-9(2)14-7-10-8-19-13(15-10)11-5-3-4-6-12(11)16(17)18/h3-6,8-9,14H,7H2,1-2H3. The minimum atomic E-state index is -0.372. The van der Waals surface area contributed by atoms with Crippen LogP contribution in [0.4, 0.5) is 5.69 Å². The fourth-order valence-corrected chi connectivity index (χ4v) is 2.49. The Morgan fingerprint density at radius 2 is 2.16 bits per heavy atom. The molecule has 1 heterocycles. The molecular formula is C13H15N3O2S. The predicted molar refractivity (Wildman–Crippen MR) is 76.2 cm³/mol. The van der Waals surface area contributed by atoms with Crippen molar-refractivity contribution in [2.75, 3.05) is 0 Å². The number of rotatable bonds is 5. The molecule has 1 aromatic carbocycles. The Kier molecular flexibility index (Phi) is 4.24. The Bertz CT molecular complexity index is 581. The summed E-state index contributed by atoms with van der Waals surface area (Å²) in [5.74, 6) is 0. The van der Waals surface area contributed by atoms with Crippen LogP contribution in [0.15, 0.2) is 29.6 Å². The summed E-state index contributed by atoms with van der Waals surface area (Å²) < 4.78 is 0. The summed E-state index contributed by atoms with van der Waals surface area (Å²) >= 11 is 1.43. The molecule has 0 aliphatic heterocycles. The minimum absolute atomic E-state index is 0.0974. The van der Waals surface area contributed by atoms with E-state index in [-0.39, 0.29) is 10.6 Å². The molecule has 0 radical (unpaired) electrons. The molecule has 100 valence electrons. The van der Waals surface area contributed by atoms with Gasteiger partial charge in [0.25, 0.3) is 5.69 Å². The van der Waals surface area contributed by atoms with Crippen LogP contribution in [0.3, 0.4) is 0 Å². The van der Waals surface area contributed by atoms with E-state index in [4.69, 9.17) is 0 Å². The smallest absolute Gasteiger partial charge is 0.279 e. The quantitative estimate of drug-likeness (QED) is 0.673. The SMILES string of the molecule is CC(C)NCc1csc(-c2ccccc2[N+](=O)[O-])n1. The Morgan fingerprint density at radius 1 is 1.42 bits per heavy atom. The molecule has 19 heavy (non-hydrogen) atoms. The summed E-state index contributed by atoms with van der Waals surface area (Å²) in [6, 6.07) is 7.07. The number of thiazole rings is 1. The monoisotopic (exact) mass is 277 g/mol. The number of benzene rings is 1. The highest BCUT2D eigenvalue weighted by atomic mass is 32.1. The lowest BCUT2D eigenvalue weighted by Gasteiger charge is -2.04. The van der Waals surface area contributed by atoms with Gasteiger partial charge in [0.1, 0.15) is 5.01 Å². The fourth-order valence-electron chi connectivity index (χ4n) is 1.63. The second-order valence-electron chi connectivity index (χ2n) is 4.45. The number of nitrogens with one attached hydrogen (secondary N) is 1. The summed E-state index contributed by atoms with van der Waals surface area (Å²) in [7, 11) is 0. The van der Waals surface area contributed by atoms with Crippen molar-refractivity contribution in [3.05, 3.63) is 45.5 Å².